The van der Waals surface area contributed by atoms with Crippen molar-refractivity contribution in [3.8, 4) is 12.3 Å². The summed E-state index contributed by atoms with van der Waals surface area (Å²) in [6.07, 6.45) is 7.27. The van der Waals surface area contributed by atoms with Gasteiger partial charge in [-0.1, -0.05) is 24.4 Å². The Labute approximate surface area is 99.2 Å². The van der Waals surface area contributed by atoms with Gasteiger partial charge in [0.15, 0.2) is 0 Å². The highest BCUT2D eigenvalue weighted by Gasteiger charge is 2.14. The molecule has 3 N–H and O–H groups in total. The van der Waals surface area contributed by atoms with Gasteiger partial charge < -0.3 is 11.1 Å². The Morgan fingerprint density at radius 1 is 1.81 bits per heavy atom. The lowest BCUT2D eigenvalue weighted by Crippen LogP contribution is -2.33. The van der Waals surface area contributed by atoms with E-state index in [2.05, 4.69) is 16.2 Å². The topological polar surface area (TPSA) is 68.0 Å². The van der Waals surface area contributed by atoms with Crippen molar-refractivity contribution in [1.82, 2.24) is 10.3 Å². The molecule has 1 unspecified atom stereocenters. The van der Waals surface area contributed by atoms with Crippen LogP contribution >= 0.6 is 11.6 Å². The molecule has 1 aromatic rings. The van der Waals surface area contributed by atoms with Crippen LogP contribution in [0.5, 0.6) is 0 Å². The van der Waals surface area contributed by atoms with Gasteiger partial charge in [0.1, 0.15) is 5.15 Å². The van der Waals surface area contributed by atoms with E-state index in [1.54, 1.807) is 0 Å². The molecule has 5 heteroatoms. The van der Waals surface area contributed by atoms with Crippen LogP contribution in [0.2, 0.25) is 5.15 Å². The number of pyridine rings is 1. The maximum atomic E-state index is 11.8. The monoisotopic (exact) mass is 237 g/mol. The molecule has 1 rings (SSSR count). The van der Waals surface area contributed by atoms with E-state index in [4.69, 9.17) is 23.8 Å². The number of hydrogen-bond acceptors (Lipinski definition) is 3. The van der Waals surface area contributed by atoms with Crippen LogP contribution in [0, 0.1) is 12.3 Å². The lowest BCUT2D eigenvalue weighted by Gasteiger charge is -2.11. The second kappa shape index (κ2) is 5.38. The highest BCUT2D eigenvalue weighted by Crippen LogP contribution is 2.15. The largest absolute Gasteiger partial charge is 0.397 e. The summed E-state index contributed by atoms with van der Waals surface area (Å²) in [5, 5.41) is 2.76. The van der Waals surface area contributed by atoms with Crippen molar-refractivity contribution in [2.24, 2.45) is 0 Å². The van der Waals surface area contributed by atoms with Crippen molar-refractivity contribution in [3.05, 3.63) is 23.0 Å². The van der Waals surface area contributed by atoms with Crippen molar-refractivity contribution in [1.29, 1.82) is 0 Å². The minimum Gasteiger partial charge on any atom is -0.397 e. The molecule has 1 amide bonds. The lowest BCUT2D eigenvalue weighted by molar-refractivity contribution is 0.0945. The first-order valence-corrected chi connectivity index (χ1v) is 5.14. The number of carbonyl (C=O) groups is 1. The molecule has 0 spiro atoms. The van der Waals surface area contributed by atoms with Crippen LogP contribution in [-0.4, -0.2) is 16.9 Å². The highest BCUT2D eigenvalue weighted by atomic mass is 35.5. The van der Waals surface area contributed by atoms with Crippen LogP contribution in [0.4, 0.5) is 5.69 Å². The van der Waals surface area contributed by atoms with Crippen molar-refractivity contribution in [3.63, 3.8) is 0 Å². The number of halogens is 1. The van der Waals surface area contributed by atoms with Crippen molar-refractivity contribution < 1.29 is 4.79 Å². The molecule has 1 heterocycles. The number of aromatic nitrogens is 1. The van der Waals surface area contributed by atoms with Gasteiger partial charge in [-0.2, -0.15) is 0 Å². The number of anilines is 1. The molecular formula is C11H12ClN3O. The minimum atomic E-state index is -0.366. The molecule has 16 heavy (non-hydrogen) atoms. The van der Waals surface area contributed by atoms with Gasteiger partial charge in [-0.05, 0) is 12.5 Å². The number of hydrogen-bond donors (Lipinski definition) is 2. The Hall–Kier alpha value is -1.73. The fourth-order valence-corrected chi connectivity index (χ4v) is 1.31. The number of nitrogen functional groups attached to an aromatic ring is 1. The van der Waals surface area contributed by atoms with E-state index in [1.165, 1.54) is 12.3 Å². The molecule has 1 atom stereocenters. The molecule has 0 radical (unpaired) electrons. The second-order valence-electron chi connectivity index (χ2n) is 3.21. The third kappa shape index (κ3) is 2.88. The zero-order chi connectivity index (χ0) is 12.1. The van der Waals surface area contributed by atoms with Crippen molar-refractivity contribution >= 4 is 23.2 Å². The highest BCUT2D eigenvalue weighted by molar-refractivity contribution is 6.32. The molecule has 0 aromatic carbocycles. The van der Waals surface area contributed by atoms with Gasteiger partial charge >= 0.3 is 0 Å². The standard InChI is InChI=1S/C11H12ClN3O/c1-3-8(4-2)15-11(16)9-5-7(13)6-14-10(9)12/h1,5-6,8H,4,13H2,2H3,(H,15,16). The number of nitrogens with zero attached hydrogens (tertiary/aromatic N) is 1. The van der Waals surface area contributed by atoms with E-state index in [1.807, 2.05) is 6.92 Å². The number of carbonyl (C=O) groups excluding carboxylic acids is 1. The van der Waals surface area contributed by atoms with Crippen molar-refractivity contribution in [2.75, 3.05) is 5.73 Å². The van der Waals surface area contributed by atoms with Gasteiger partial charge in [-0.25, -0.2) is 4.98 Å². The number of nitrogens with two attached hydrogens (primary N) is 1. The molecule has 4 nitrogen and oxygen atoms in total. The zero-order valence-electron chi connectivity index (χ0n) is 8.83. The smallest absolute Gasteiger partial charge is 0.255 e. The Morgan fingerprint density at radius 3 is 3.06 bits per heavy atom. The summed E-state index contributed by atoms with van der Waals surface area (Å²) in [6, 6.07) is 1.15. The third-order valence-electron chi connectivity index (χ3n) is 2.02. The Kier molecular flexibility index (Phi) is 4.15. The van der Waals surface area contributed by atoms with E-state index in [0.717, 1.165) is 0 Å². The summed E-state index contributed by atoms with van der Waals surface area (Å²) in [5.74, 6) is 2.09. The fourth-order valence-electron chi connectivity index (χ4n) is 1.12. The molecular weight excluding hydrogens is 226 g/mol. The molecule has 84 valence electrons. The number of rotatable bonds is 3. The number of terminal acetylenes is 1. The van der Waals surface area contributed by atoms with Gasteiger partial charge in [0.05, 0.1) is 23.5 Å². The van der Waals surface area contributed by atoms with Gasteiger partial charge in [0.25, 0.3) is 5.91 Å². The summed E-state index contributed by atoms with van der Waals surface area (Å²) >= 11 is 5.78. The first-order chi connectivity index (χ1) is 7.58. The van der Waals surface area contributed by atoms with Crippen molar-refractivity contribution in [2.45, 2.75) is 19.4 Å². The maximum absolute atomic E-state index is 11.8. The van der Waals surface area contributed by atoms with Crippen LogP contribution in [0.25, 0.3) is 0 Å². The summed E-state index contributed by atoms with van der Waals surface area (Å²) in [7, 11) is 0. The van der Waals surface area contributed by atoms with Gasteiger partial charge in [-0.3, -0.25) is 4.79 Å². The van der Waals surface area contributed by atoms with Crippen LogP contribution in [0.15, 0.2) is 12.3 Å². The first-order valence-electron chi connectivity index (χ1n) is 4.76. The number of amides is 1. The summed E-state index contributed by atoms with van der Waals surface area (Å²) < 4.78 is 0. The number of nitrogens with one attached hydrogen (secondary N) is 1. The van der Waals surface area contributed by atoms with E-state index in [9.17, 15) is 4.79 Å². The van der Waals surface area contributed by atoms with E-state index in [0.29, 0.717) is 12.1 Å². The summed E-state index contributed by atoms with van der Waals surface area (Å²) in [6.45, 7) is 1.88. The predicted molar refractivity (Wildman–Crippen MR) is 64.0 cm³/mol. The van der Waals surface area contributed by atoms with E-state index in [-0.39, 0.29) is 22.7 Å². The van der Waals surface area contributed by atoms with Crippen LogP contribution < -0.4 is 11.1 Å². The third-order valence-corrected chi connectivity index (χ3v) is 2.32. The fraction of sp³-hybridized carbons (Fsp3) is 0.273. The van der Waals surface area contributed by atoms with Gasteiger partial charge in [-0.15, -0.1) is 6.42 Å². The average Bonchev–Trinajstić information content (AvgIpc) is 2.28. The lowest BCUT2D eigenvalue weighted by atomic mass is 10.2. The summed E-state index contributed by atoms with van der Waals surface area (Å²) in [4.78, 5) is 15.5. The molecule has 0 bridgehead atoms. The van der Waals surface area contributed by atoms with Crippen LogP contribution in [-0.2, 0) is 0 Å². The van der Waals surface area contributed by atoms with Gasteiger partial charge in [0, 0.05) is 0 Å². The predicted octanol–water partition coefficient (Wildman–Crippen LogP) is 1.46. The Balaban J connectivity index is 2.89. The minimum absolute atomic E-state index is 0.110. The Morgan fingerprint density at radius 2 is 2.50 bits per heavy atom. The SMILES string of the molecule is C#CC(CC)NC(=O)c1cc(N)cnc1Cl. The molecule has 0 saturated carbocycles. The Bertz CT molecular complexity index is 439. The molecule has 0 fully saturated rings. The second-order valence-corrected chi connectivity index (χ2v) is 3.57. The molecule has 0 aliphatic rings. The quantitative estimate of drug-likeness (QED) is 0.618. The van der Waals surface area contributed by atoms with E-state index >= 15 is 0 Å². The first kappa shape index (κ1) is 12.3. The molecule has 1 aromatic heterocycles. The van der Waals surface area contributed by atoms with Crippen LogP contribution in [0.1, 0.15) is 23.7 Å². The summed E-state index contributed by atoms with van der Waals surface area (Å²) in [5.41, 5.74) is 6.13. The normalized spacial score (nSPS) is 11.6. The van der Waals surface area contributed by atoms with Gasteiger partial charge in [0.2, 0.25) is 0 Å². The van der Waals surface area contributed by atoms with Crippen LogP contribution in [0.3, 0.4) is 0 Å². The van der Waals surface area contributed by atoms with E-state index < -0.39 is 0 Å². The molecule has 0 aliphatic carbocycles. The average molecular weight is 238 g/mol. The maximum Gasteiger partial charge on any atom is 0.255 e. The molecule has 0 aliphatic heterocycles. The zero-order valence-corrected chi connectivity index (χ0v) is 9.58. The molecule has 0 saturated heterocycles.